The lowest BCUT2D eigenvalue weighted by molar-refractivity contribution is -0.123. The number of rotatable bonds is 3. The van der Waals surface area contributed by atoms with Crippen LogP contribution in [0.4, 0.5) is 0 Å². The van der Waals surface area contributed by atoms with E-state index in [-0.39, 0.29) is 24.1 Å². The van der Waals surface area contributed by atoms with Crippen LogP contribution in [0.15, 0.2) is 11.1 Å². The topological polar surface area (TPSA) is 64.0 Å². The molecule has 2 heterocycles. The first-order valence-corrected chi connectivity index (χ1v) is 10.7. The van der Waals surface area contributed by atoms with Gasteiger partial charge in [0.05, 0.1) is 11.7 Å². The molecule has 2 aromatic heterocycles. The molecule has 4 rings (SSSR count). The summed E-state index contributed by atoms with van der Waals surface area (Å²) in [5, 5.41) is 3.90. The molecule has 1 amide bonds. The SMILES string of the molecule is C[C@@H]1[C@H](C)CCC[C@@H]1NC(=O)Cn1cnc2sc3c(c2c1=O)CCCC3. The summed E-state index contributed by atoms with van der Waals surface area (Å²) in [4.78, 5) is 32.1. The smallest absolute Gasteiger partial charge is 0.262 e. The molecule has 2 aliphatic carbocycles. The number of nitrogens with zero attached hydrogens (tertiary/aromatic N) is 2. The van der Waals surface area contributed by atoms with E-state index in [1.54, 1.807) is 17.7 Å². The van der Waals surface area contributed by atoms with Crippen molar-refractivity contribution in [1.82, 2.24) is 14.9 Å². The Hall–Kier alpha value is -1.69. The molecule has 140 valence electrons. The molecule has 5 nitrogen and oxygen atoms in total. The zero-order chi connectivity index (χ0) is 18.3. The van der Waals surface area contributed by atoms with Gasteiger partial charge in [0.15, 0.2) is 0 Å². The van der Waals surface area contributed by atoms with Gasteiger partial charge >= 0.3 is 0 Å². The predicted octanol–water partition coefficient (Wildman–Crippen LogP) is 3.28. The third-order valence-corrected chi connectivity index (χ3v) is 7.51. The van der Waals surface area contributed by atoms with Gasteiger partial charge in [-0.15, -0.1) is 11.3 Å². The van der Waals surface area contributed by atoms with E-state index < -0.39 is 0 Å². The Balaban J connectivity index is 1.54. The molecule has 1 N–H and O–H groups in total. The summed E-state index contributed by atoms with van der Waals surface area (Å²) in [5.74, 6) is 1.03. The number of aromatic nitrogens is 2. The van der Waals surface area contributed by atoms with Crippen LogP contribution >= 0.6 is 11.3 Å². The number of aryl methyl sites for hydroxylation is 2. The van der Waals surface area contributed by atoms with Crippen molar-refractivity contribution in [2.45, 2.75) is 71.4 Å². The van der Waals surface area contributed by atoms with Crippen LogP contribution in [0.1, 0.15) is 56.4 Å². The van der Waals surface area contributed by atoms with Gasteiger partial charge in [0.1, 0.15) is 11.4 Å². The normalized spacial score (nSPS) is 25.8. The first-order chi connectivity index (χ1) is 12.5. The van der Waals surface area contributed by atoms with Gasteiger partial charge in [0.2, 0.25) is 5.91 Å². The van der Waals surface area contributed by atoms with Gasteiger partial charge in [-0.3, -0.25) is 14.2 Å². The number of amides is 1. The van der Waals surface area contributed by atoms with Crippen molar-refractivity contribution in [2.75, 3.05) is 0 Å². The second-order valence-corrected chi connectivity index (χ2v) is 9.09. The molecular formula is C20H27N3O2S. The molecule has 0 unspecified atom stereocenters. The van der Waals surface area contributed by atoms with Crippen molar-refractivity contribution in [1.29, 1.82) is 0 Å². The third kappa shape index (κ3) is 3.20. The lowest BCUT2D eigenvalue weighted by atomic mass is 9.78. The van der Waals surface area contributed by atoms with Crippen molar-refractivity contribution in [3.8, 4) is 0 Å². The lowest BCUT2D eigenvalue weighted by Crippen LogP contribution is -2.45. The summed E-state index contributed by atoms with van der Waals surface area (Å²) < 4.78 is 1.48. The minimum atomic E-state index is -0.0803. The van der Waals surface area contributed by atoms with Crippen LogP contribution in [0.25, 0.3) is 10.2 Å². The van der Waals surface area contributed by atoms with Gasteiger partial charge in [-0.2, -0.15) is 0 Å². The number of carbonyl (C=O) groups excluding carboxylic acids is 1. The Morgan fingerprint density at radius 3 is 2.92 bits per heavy atom. The average molecular weight is 374 g/mol. The molecular weight excluding hydrogens is 346 g/mol. The lowest BCUT2D eigenvalue weighted by Gasteiger charge is -2.34. The third-order valence-electron chi connectivity index (χ3n) is 6.31. The molecule has 6 heteroatoms. The molecule has 1 fully saturated rings. The van der Waals surface area contributed by atoms with E-state index in [1.165, 1.54) is 27.8 Å². The predicted molar refractivity (Wildman–Crippen MR) is 105 cm³/mol. The van der Waals surface area contributed by atoms with E-state index in [1.807, 2.05) is 0 Å². The van der Waals surface area contributed by atoms with Gasteiger partial charge in [0.25, 0.3) is 5.56 Å². The molecule has 0 bridgehead atoms. The fourth-order valence-corrected chi connectivity index (χ4v) is 5.71. The van der Waals surface area contributed by atoms with Crippen LogP contribution < -0.4 is 10.9 Å². The summed E-state index contributed by atoms with van der Waals surface area (Å²) in [5.41, 5.74) is 1.12. The summed E-state index contributed by atoms with van der Waals surface area (Å²) in [6.07, 6.45) is 9.29. The Labute approximate surface area is 157 Å². The van der Waals surface area contributed by atoms with Crippen molar-refractivity contribution < 1.29 is 4.79 Å². The number of carbonyl (C=O) groups is 1. The molecule has 0 aliphatic heterocycles. The standard InChI is InChI=1S/C20H27N3O2S/c1-12-6-5-8-15(13(12)2)22-17(24)10-23-11-21-19-18(20(23)25)14-7-3-4-9-16(14)26-19/h11-13,15H,3-10H2,1-2H3,(H,22,24)/t12-,13-,15+/m1/s1. The summed E-state index contributed by atoms with van der Waals surface area (Å²) in [7, 11) is 0. The van der Waals surface area contributed by atoms with Crippen molar-refractivity contribution in [2.24, 2.45) is 11.8 Å². The second kappa shape index (κ2) is 7.14. The largest absolute Gasteiger partial charge is 0.352 e. The maximum Gasteiger partial charge on any atom is 0.262 e. The zero-order valence-corrected chi connectivity index (χ0v) is 16.4. The van der Waals surface area contributed by atoms with Crippen molar-refractivity contribution in [3.63, 3.8) is 0 Å². The Morgan fingerprint density at radius 1 is 1.27 bits per heavy atom. The highest BCUT2D eigenvalue weighted by atomic mass is 32.1. The van der Waals surface area contributed by atoms with E-state index in [2.05, 4.69) is 24.1 Å². The number of nitrogens with one attached hydrogen (secondary N) is 1. The molecule has 0 radical (unpaired) electrons. The highest BCUT2D eigenvalue weighted by Crippen LogP contribution is 2.33. The van der Waals surface area contributed by atoms with Gasteiger partial charge in [-0.05, 0) is 49.5 Å². The van der Waals surface area contributed by atoms with Gasteiger partial charge in [-0.1, -0.05) is 26.7 Å². The zero-order valence-electron chi connectivity index (χ0n) is 15.6. The molecule has 26 heavy (non-hydrogen) atoms. The van der Waals surface area contributed by atoms with E-state index in [4.69, 9.17) is 0 Å². The molecule has 0 saturated heterocycles. The van der Waals surface area contributed by atoms with Crippen LogP contribution in [0.2, 0.25) is 0 Å². The summed E-state index contributed by atoms with van der Waals surface area (Å²) in [6, 6.07) is 0.215. The fourth-order valence-electron chi connectivity index (χ4n) is 4.49. The van der Waals surface area contributed by atoms with Crippen molar-refractivity contribution >= 4 is 27.5 Å². The molecule has 2 aliphatic rings. The fraction of sp³-hybridized carbons (Fsp3) is 0.650. The summed E-state index contributed by atoms with van der Waals surface area (Å²) >= 11 is 1.65. The molecule has 1 saturated carbocycles. The maximum absolute atomic E-state index is 13.0. The summed E-state index contributed by atoms with van der Waals surface area (Å²) in [6.45, 7) is 4.53. The van der Waals surface area contributed by atoms with Gasteiger partial charge in [0, 0.05) is 10.9 Å². The number of hydrogen-bond acceptors (Lipinski definition) is 4. The molecule has 0 spiro atoms. The number of fused-ring (bicyclic) bond motifs is 3. The minimum absolute atomic E-state index is 0.0595. The van der Waals surface area contributed by atoms with E-state index in [0.29, 0.717) is 11.8 Å². The van der Waals surface area contributed by atoms with E-state index in [9.17, 15) is 9.59 Å². The number of thiophene rings is 1. The first kappa shape index (κ1) is 17.7. The van der Waals surface area contributed by atoms with Crippen LogP contribution in [-0.2, 0) is 24.2 Å². The second-order valence-electron chi connectivity index (χ2n) is 8.01. The van der Waals surface area contributed by atoms with Crippen molar-refractivity contribution in [3.05, 3.63) is 27.1 Å². The van der Waals surface area contributed by atoms with E-state index in [0.717, 1.165) is 42.3 Å². The van der Waals surface area contributed by atoms with Gasteiger partial charge < -0.3 is 5.32 Å². The van der Waals surface area contributed by atoms with Crippen LogP contribution in [0, 0.1) is 11.8 Å². The Kier molecular flexibility index (Phi) is 4.86. The quantitative estimate of drug-likeness (QED) is 0.898. The Bertz CT molecular complexity index is 885. The van der Waals surface area contributed by atoms with E-state index >= 15 is 0 Å². The Morgan fingerprint density at radius 2 is 2.08 bits per heavy atom. The van der Waals surface area contributed by atoms with Gasteiger partial charge in [-0.25, -0.2) is 4.98 Å². The maximum atomic E-state index is 13.0. The average Bonchev–Trinajstić information content (AvgIpc) is 3.01. The van der Waals surface area contributed by atoms with Crippen LogP contribution in [0.3, 0.4) is 0 Å². The molecule has 0 aromatic carbocycles. The van der Waals surface area contributed by atoms with Crippen LogP contribution in [-0.4, -0.2) is 21.5 Å². The first-order valence-electron chi connectivity index (χ1n) is 9.83. The highest BCUT2D eigenvalue weighted by Gasteiger charge is 2.28. The van der Waals surface area contributed by atoms with Crippen LogP contribution in [0.5, 0.6) is 0 Å². The number of hydrogen-bond donors (Lipinski definition) is 1. The monoisotopic (exact) mass is 373 g/mol. The molecule has 3 atom stereocenters. The minimum Gasteiger partial charge on any atom is -0.352 e. The highest BCUT2D eigenvalue weighted by molar-refractivity contribution is 7.18. The molecule has 2 aromatic rings.